The number of aliphatic hydroxyl groups is 1. The van der Waals surface area contributed by atoms with Gasteiger partial charge in [-0.1, -0.05) is 96.0 Å². The molecule has 5 amide bonds. The quantitative estimate of drug-likeness (QED) is 0.0886. The number of amides is 5. The maximum atomic E-state index is 14.5. The average Bonchev–Trinajstić information content (AvgIpc) is 3.50. The van der Waals surface area contributed by atoms with Crippen LogP contribution in [0, 0.1) is 24.2 Å². The molecule has 0 bridgehead atoms. The summed E-state index contributed by atoms with van der Waals surface area (Å²) in [7, 11) is 1.25. The topological polar surface area (TPSA) is 156 Å². The lowest BCUT2D eigenvalue weighted by Crippen LogP contribution is -2.60. The number of aromatic nitrogens is 1. The zero-order valence-corrected chi connectivity index (χ0v) is 36.0. The van der Waals surface area contributed by atoms with Crippen LogP contribution in [0.25, 0.3) is 0 Å². The Morgan fingerprint density at radius 2 is 1.70 bits per heavy atom. The van der Waals surface area contributed by atoms with Gasteiger partial charge in [-0.15, -0.1) is 0 Å². The summed E-state index contributed by atoms with van der Waals surface area (Å²) in [5.41, 5.74) is 6.16. The number of aryl methyl sites for hydroxylation is 1. The monoisotopic (exact) mass is 792 g/mol. The molecule has 1 saturated heterocycles. The van der Waals surface area contributed by atoms with E-state index in [1.807, 2.05) is 90.1 Å². The highest BCUT2D eigenvalue weighted by Gasteiger charge is 2.41. The molecule has 4 N–H and O–H groups in total. The highest BCUT2D eigenvalue weighted by molar-refractivity contribution is 5.88. The van der Waals surface area contributed by atoms with E-state index in [0.29, 0.717) is 44.9 Å². The molecule has 1 fully saturated rings. The highest BCUT2D eigenvalue weighted by Crippen LogP contribution is 2.24. The molecule has 316 valence electrons. The fourth-order valence-corrected chi connectivity index (χ4v) is 7.03. The van der Waals surface area contributed by atoms with Crippen LogP contribution < -0.4 is 16.1 Å². The van der Waals surface area contributed by atoms with Crippen LogP contribution in [-0.4, -0.2) is 106 Å². The number of nitrogens with zero attached hydrogens (tertiary/aromatic N) is 4. The van der Waals surface area contributed by atoms with Crippen LogP contribution in [0.4, 0.5) is 9.59 Å². The first-order valence-corrected chi connectivity index (χ1v) is 20.5. The number of ether oxygens (including phenoxy) is 1. The number of alkyl carbamates (subject to hydrolysis) is 1. The summed E-state index contributed by atoms with van der Waals surface area (Å²) in [4.78, 5) is 62.4. The van der Waals surface area contributed by atoms with Crippen molar-refractivity contribution in [3.63, 3.8) is 0 Å². The number of nitrogens with one attached hydrogen (secondary N) is 3. The Kier molecular flexibility index (Phi) is 18.5. The van der Waals surface area contributed by atoms with Gasteiger partial charge in [-0.3, -0.25) is 20.0 Å². The van der Waals surface area contributed by atoms with Gasteiger partial charge < -0.3 is 30.3 Å². The second-order valence-corrected chi connectivity index (χ2v) is 17.0. The number of rotatable bonds is 21. The van der Waals surface area contributed by atoms with Gasteiger partial charge in [-0.05, 0) is 81.4 Å². The summed E-state index contributed by atoms with van der Waals surface area (Å²) < 4.78 is 4.82. The number of hydrogen-bond acceptors (Lipinski definition) is 8. The van der Waals surface area contributed by atoms with Crippen molar-refractivity contribution in [2.75, 3.05) is 33.3 Å². The minimum Gasteiger partial charge on any atom is -0.453 e. The molecule has 2 heterocycles. The molecule has 57 heavy (non-hydrogen) atoms. The van der Waals surface area contributed by atoms with E-state index in [1.54, 1.807) is 14.8 Å². The van der Waals surface area contributed by atoms with E-state index in [-0.39, 0.29) is 24.4 Å². The summed E-state index contributed by atoms with van der Waals surface area (Å²) in [6.07, 6.45) is 3.96. The number of hydrazine groups is 1. The van der Waals surface area contributed by atoms with Gasteiger partial charge in [0.05, 0.1) is 31.5 Å². The third-order valence-electron chi connectivity index (χ3n) is 10.7. The molecule has 13 nitrogen and oxygen atoms in total. The molecule has 2 aromatic rings. The molecule has 13 heteroatoms. The van der Waals surface area contributed by atoms with Gasteiger partial charge in [0.2, 0.25) is 5.91 Å². The lowest BCUT2D eigenvalue weighted by atomic mass is 9.86. The number of aliphatic hydroxyl groups excluding tert-OH is 1. The molecule has 6 unspecified atom stereocenters. The maximum absolute atomic E-state index is 14.5. The fraction of sp³-hybridized carbons (Fsp3) is 0.614. The second-order valence-electron chi connectivity index (χ2n) is 17.0. The lowest BCUT2D eigenvalue weighted by molar-refractivity contribution is -0.132. The van der Waals surface area contributed by atoms with E-state index in [0.717, 1.165) is 36.2 Å². The van der Waals surface area contributed by atoms with Crippen molar-refractivity contribution >= 4 is 23.9 Å². The molecular formula is C44H69N7O6. The van der Waals surface area contributed by atoms with Crippen LogP contribution in [0.2, 0.25) is 0 Å². The van der Waals surface area contributed by atoms with Crippen molar-refractivity contribution in [3.05, 3.63) is 77.1 Å². The van der Waals surface area contributed by atoms with Gasteiger partial charge in [-0.25, -0.2) is 14.6 Å². The summed E-state index contributed by atoms with van der Waals surface area (Å²) in [6.45, 7) is 19.4. The number of pyridine rings is 1. The van der Waals surface area contributed by atoms with Gasteiger partial charge >= 0.3 is 12.1 Å². The average molecular weight is 792 g/mol. The van der Waals surface area contributed by atoms with Crippen LogP contribution in [0.15, 0.2) is 60.2 Å². The number of urea groups is 1. The molecule has 0 radical (unpaired) electrons. The first kappa shape index (κ1) is 46.9. The van der Waals surface area contributed by atoms with Crippen molar-refractivity contribution in [1.29, 1.82) is 0 Å². The maximum Gasteiger partial charge on any atom is 0.407 e. The van der Waals surface area contributed by atoms with Gasteiger partial charge in [0, 0.05) is 31.9 Å². The summed E-state index contributed by atoms with van der Waals surface area (Å²) in [5, 5.41) is 19.6. The van der Waals surface area contributed by atoms with E-state index in [4.69, 9.17) is 4.74 Å². The van der Waals surface area contributed by atoms with Crippen LogP contribution in [-0.2, 0) is 27.3 Å². The molecule has 1 aliphatic heterocycles. The number of allylic oxidation sites excluding steroid dienone is 2. The molecule has 1 aliphatic rings. The molecule has 0 aliphatic carbocycles. The largest absolute Gasteiger partial charge is 0.453 e. The van der Waals surface area contributed by atoms with Crippen molar-refractivity contribution in [3.8, 4) is 0 Å². The van der Waals surface area contributed by atoms with Crippen molar-refractivity contribution in [2.45, 2.75) is 125 Å². The lowest BCUT2D eigenvalue weighted by Gasteiger charge is -2.36. The normalized spacial score (nSPS) is 16.3. The van der Waals surface area contributed by atoms with Crippen LogP contribution >= 0.6 is 0 Å². The molecule has 1 aromatic carbocycles. The zero-order chi connectivity index (χ0) is 42.3. The number of carbonyl (C=O) groups is 4. The smallest absolute Gasteiger partial charge is 0.407 e. The van der Waals surface area contributed by atoms with E-state index in [9.17, 15) is 24.3 Å². The number of carbonyl (C=O) groups excluding carboxylic acids is 4. The molecule has 6 atom stereocenters. The van der Waals surface area contributed by atoms with E-state index in [2.05, 4.69) is 47.9 Å². The van der Waals surface area contributed by atoms with Gasteiger partial charge in [0.25, 0.3) is 5.91 Å². The van der Waals surface area contributed by atoms with Crippen molar-refractivity contribution in [2.24, 2.45) is 17.3 Å². The van der Waals surface area contributed by atoms with Gasteiger partial charge in [0.15, 0.2) is 0 Å². The summed E-state index contributed by atoms with van der Waals surface area (Å²) in [5.74, 6) is -0.637. The van der Waals surface area contributed by atoms with Gasteiger partial charge in [0.1, 0.15) is 12.1 Å². The Hall–Kier alpha value is -4.49. The fourth-order valence-electron chi connectivity index (χ4n) is 7.03. The first-order valence-electron chi connectivity index (χ1n) is 20.5. The number of methoxy groups -OCH3 is 1. The van der Waals surface area contributed by atoms with Crippen molar-refractivity contribution < 1.29 is 29.0 Å². The predicted molar refractivity (Wildman–Crippen MR) is 224 cm³/mol. The third-order valence-corrected chi connectivity index (χ3v) is 10.7. The Bertz CT molecular complexity index is 1630. The molecular weight excluding hydrogens is 723 g/mol. The Balaban J connectivity index is 1.89. The number of benzene rings is 1. The highest BCUT2D eigenvalue weighted by atomic mass is 16.5. The van der Waals surface area contributed by atoms with Crippen molar-refractivity contribution in [1.82, 2.24) is 35.9 Å². The minimum absolute atomic E-state index is 0.00673. The summed E-state index contributed by atoms with van der Waals surface area (Å²) in [6, 6.07) is 12.7. The molecule has 0 saturated carbocycles. The van der Waals surface area contributed by atoms with Gasteiger partial charge in [-0.2, -0.15) is 0 Å². The van der Waals surface area contributed by atoms with Crippen LogP contribution in [0.3, 0.4) is 0 Å². The van der Waals surface area contributed by atoms with Crippen LogP contribution in [0.1, 0.15) is 98.0 Å². The predicted octanol–water partition coefficient (Wildman–Crippen LogP) is 6.01. The molecule has 1 aromatic heterocycles. The summed E-state index contributed by atoms with van der Waals surface area (Å²) >= 11 is 0. The van der Waals surface area contributed by atoms with E-state index < -0.39 is 41.6 Å². The minimum atomic E-state index is -1.13. The Morgan fingerprint density at radius 1 is 1.00 bits per heavy atom. The standard InChI is InChI=1S/C44H69N7O6/c1-11-32(5)38(51-26-25-49(43(51)56)28-35-22-16-19-33(6)45-35)40(53)46-36(27-34-20-13-12-14-21-34)37(52)29-50(24-23-31(4)18-15-17-30(2)3)48-41(54)39(44(7,8)9)47-42(55)57-10/h12-14,16-17,19-22,31-32,36-39,52H,11,15,18,23-29H2,1-10H3,(H,46,53)(H,47,55)(H,48,54). The Morgan fingerprint density at radius 3 is 2.32 bits per heavy atom. The van der Waals surface area contributed by atoms with E-state index in [1.165, 1.54) is 12.7 Å². The van der Waals surface area contributed by atoms with Crippen LogP contribution in [0.5, 0.6) is 0 Å². The van der Waals surface area contributed by atoms with E-state index >= 15 is 0 Å². The molecule has 0 spiro atoms. The first-order chi connectivity index (χ1) is 26.9. The third kappa shape index (κ3) is 15.1. The second kappa shape index (κ2) is 22.4. The number of hydrogen-bond donors (Lipinski definition) is 4. The zero-order valence-electron chi connectivity index (χ0n) is 36.0. The SMILES string of the molecule is CCC(C)C(C(=O)NC(Cc1ccccc1)C(O)CN(CCC(C)CCC=C(C)C)NC(=O)C(NC(=O)OC)C(C)(C)C)N1CCN(Cc2cccc(C)n2)C1=O. The molecule has 3 rings (SSSR count). The Labute approximate surface area is 341 Å².